The van der Waals surface area contributed by atoms with Crippen LogP contribution in [0, 0.1) is 13.8 Å². The predicted molar refractivity (Wildman–Crippen MR) is 106 cm³/mol. The van der Waals surface area contributed by atoms with Gasteiger partial charge in [0.15, 0.2) is 5.13 Å². The molecule has 1 aromatic heterocycles. The standard InChI is InChI=1S/C19H20N2O2S2/c1-12-10-13(2)18-16(11-12)25-19(21-18)20-17(22)8-9-24-15-6-4-14(23-3)5-7-15/h4-7,10-11H,8-9H2,1-3H3,(H,20,21,22). The largest absolute Gasteiger partial charge is 0.497 e. The number of aromatic nitrogens is 1. The molecular weight excluding hydrogens is 352 g/mol. The van der Waals surface area contributed by atoms with Gasteiger partial charge in [0, 0.05) is 17.1 Å². The fourth-order valence-electron chi connectivity index (χ4n) is 2.54. The van der Waals surface area contributed by atoms with Crippen molar-refractivity contribution in [2.75, 3.05) is 18.2 Å². The van der Waals surface area contributed by atoms with Gasteiger partial charge >= 0.3 is 0 Å². The van der Waals surface area contributed by atoms with Gasteiger partial charge in [0.25, 0.3) is 0 Å². The Morgan fingerprint density at radius 1 is 1.24 bits per heavy atom. The Balaban J connectivity index is 1.54. The average Bonchev–Trinajstić information content (AvgIpc) is 2.98. The molecule has 3 rings (SSSR count). The number of rotatable bonds is 6. The third kappa shape index (κ3) is 4.52. The van der Waals surface area contributed by atoms with Gasteiger partial charge in [-0.05, 0) is 55.3 Å². The number of thiazole rings is 1. The van der Waals surface area contributed by atoms with E-state index in [-0.39, 0.29) is 5.91 Å². The Labute approximate surface area is 155 Å². The first kappa shape index (κ1) is 17.8. The number of hydrogen-bond donors (Lipinski definition) is 1. The molecule has 0 saturated heterocycles. The molecule has 0 radical (unpaired) electrons. The van der Waals surface area contributed by atoms with Crippen LogP contribution < -0.4 is 10.1 Å². The van der Waals surface area contributed by atoms with E-state index in [9.17, 15) is 4.79 Å². The van der Waals surface area contributed by atoms with Crippen molar-refractivity contribution in [2.24, 2.45) is 0 Å². The summed E-state index contributed by atoms with van der Waals surface area (Å²) >= 11 is 3.18. The number of aryl methyl sites for hydroxylation is 2. The number of thioether (sulfide) groups is 1. The molecule has 0 atom stereocenters. The number of amides is 1. The number of methoxy groups -OCH3 is 1. The van der Waals surface area contributed by atoms with Crippen molar-refractivity contribution in [3.05, 3.63) is 47.5 Å². The number of carbonyl (C=O) groups excluding carboxylic acids is 1. The van der Waals surface area contributed by atoms with Crippen LogP contribution in [0.15, 0.2) is 41.3 Å². The number of anilines is 1. The summed E-state index contributed by atoms with van der Waals surface area (Å²) in [4.78, 5) is 17.8. The molecule has 2 aromatic carbocycles. The molecule has 130 valence electrons. The van der Waals surface area contributed by atoms with Gasteiger partial charge in [-0.25, -0.2) is 4.98 Å². The van der Waals surface area contributed by atoms with Gasteiger partial charge < -0.3 is 10.1 Å². The molecule has 0 saturated carbocycles. The first-order chi connectivity index (χ1) is 12.0. The maximum atomic E-state index is 12.2. The Hall–Kier alpha value is -2.05. The summed E-state index contributed by atoms with van der Waals surface area (Å²) in [5.41, 5.74) is 3.32. The van der Waals surface area contributed by atoms with E-state index in [4.69, 9.17) is 4.74 Å². The van der Waals surface area contributed by atoms with E-state index in [0.717, 1.165) is 32.2 Å². The third-order valence-electron chi connectivity index (χ3n) is 3.73. The van der Waals surface area contributed by atoms with Gasteiger partial charge in [0.05, 0.1) is 17.3 Å². The minimum Gasteiger partial charge on any atom is -0.497 e. The second-order valence-electron chi connectivity index (χ2n) is 5.77. The van der Waals surface area contributed by atoms with Crippen LogP contribution in [0.4, 0.5) is 5.13 Å². The molecule has 0 aliphatic heterocycles. The van der Waals surface area contributed by atoms with Crippen LogP contribution in [0.1, 0.15) is 17.5 Å². The molecule has 6 heteroatoms. The molecule has 25 heavy (non-hydrogen) atoms. The molecule has 1 amide bonds. The average molecular weight is 373 g/mol. The fraction of sp³-hybridized carbons (Fsp3) is 0.263. The Morgan fingerprint density at radius 2 is 2.00 bits per heavy atom. The van der Waals surface area contributed by atoms with Crippen LogP contribution in [0.5, 0.6) is 5.75 Å². The summed E-state index contributed by atoms with van der Waals surface area (Å²) in [5.74, 6) is 1.55. The highest BCUT2D eigenvalue weighted by molar-refractivity contribution is 7.99. The van der Waals surface area contributed by atoms with E-state index in [1.165, 1.54) is 16.9 Å². The molecule has 0 spiro atoms. The summed E-state index contributed by atoms with van der Waals surface area (Å²) in [6.07, 6.45) is 0.449. The lowest BCUT2D eigenvalue weighted by Gasteiger charge is -2.04. The normalized spacial score (nSPS) is 10.8. The van der Waals surface area contributed by atoms with Crippen LogP contribution in [-0.4, -0.2) is 23.8 Å². The summed E-state index contributed by atoms with van der Waals surface area (Å²) in [6, 6.07) is 12.1. The SMILES string of the molecule is COc1ccc(SCCC(=O)Nc2nc3c(C)cc(C)cc3s2)cc1. The lowest BCUT2D eigenvalue weighted by atomic mass is 10.1. The molecule has 3 aromatic rings. The predicted octanol–water partition coefficient (Wildman–Crippen LogP) is 5.04. The second-order valence-corrected chi connectivity index (χ2v) is 7.97. The molecule has 0 fully saturated rings. The summed E-state index contributed by atoms with van der Waals surface area (Å²) in [7, 11) is 1.65. The van der Waals surface area contributed by atoms with Crippen molar-refractivity contribution < 1.29 is 9.53 Å². The van der Waals surface area contributed by atoms with Crippen LogP contribution in [0.3, 0.4) is 0 Å². The van der Waals surface area contributed by atoms with E-state index in [1.807, 2.05) is 31.2 Å². The van der Waals surface area contributed by atoms with Gasteiger partial charge in [-0.2, -0.15) is 0 Å². The lowest BCUT2D eigenvalue weighted by molar-refractivity contribution is -0.115. The van der Waals surface area contributed by atoms with E-state index in [2.05, 4.69) is 29.4 Å². The van der Waals surface area contributed by atoms with Crippen molar-refractivity contribution in [3.63, 3.8) is 0 Å². The Morgan fingerprint density at radius 3 is 2.72 bits per heavy atom. The minimum absolute atomic E-state index is 0.00515. The van der Waals surface area contributed by atoms with Gasteiger partial charge in [0.2, 0.25) is 5.91 Å². The van der Waals surface area contributed by atoms with E-state index in [0.29, 0.717) is 11.6 Å². The van der Waals surface area contributed by atoms with Crippen LogP contribution >= 0.6 is 23.1 Å². The number of fused-ring (bicyclic) bond motifs is 1. The van der Waals surface area contributed by atoms with E-state index in [1.54, 1.807) is 18.9 Å². The topological polar surface area (TPSA) is 51.2 Å². The molecule has 0 bridgehead atoms. The van der Waals surface area contributed by atoms with Gasteiger partial charge in [-0.3, -0.25) is 4.79 Å². The molecule has 0 aliphatic rings. The van der Waals surface area contributed by atoms with Crippen molar-refractivity contribution in [2.45, 2.75) is 25.2 Å². The van der Waals surface area contributed by atoms with Crippen LogP contribution in [0.2, 0.25) is 0 Å². The van der Waals surface area contributed by atoms with Gasteiger partial charge in [-0.15, -0.1) is 11.8 Å². The van der Waals surface area contributed by atoms with Crippen molar-refractivity contribution >= 4 is 44.4 Å². The molecule has 0 aliphatic carbocycles. The molecule has 0 unspecified atom stereocenters. The van der Waals surface area contributed by atoms with Crippen LogP contribution in [0.25, 0.3) is 10.2 Å². The monoisotopic (exact) mass is 372 g/mol. The summed E-state index contributed by atoms with van der Waals surface area (Å²) in [5, 5.41) is 3.59. The number of benzene rings is 2. The molecule has 4 nitrogen and oxygen atoms in total. The zero-order valence-electron chi connectivity index (χ0n) is 14.5. The highest BCUT2D eigenvalue weighted by Gasteiger charge is 2.10. The Kier molecular flexibility index (Phi) is 5.60. The third-order valence-corrected chi connectivity index (χ3v) is 5.67. The van der Waals surface area contributed by atoms with E-state index < -0.39 is 0 Å². The summed E-state index contributed by atoms with van der Waals surface area (Å²) in [6.45, 7) is 4.12. The fourth-order valence-corrected chi connectivity index (χ4v) is 4.45. The van der Waals surface area contributed by atoms with Crippen molar-refractivity contribution in [3.8, 4) is 5.75 Å². The number of hydrogen-bond acceptors (Lipinski definition) is 5. The molecular formula is C19H20N2O2S2. The van der Waals surface area contributed by atoms with Gasteiger partial charge in [-0.1, -0.05) is 17.4 Å². The number of nitrogens with one attached hydrogen (secondary N) is 1. The van der Waals surface area contributed by atoms with E-state index >= 15 is 0 Å². The Bertz CT molecular complexity index is 888. The second kappa shape index (κ2) is 7.89. The lowest BCUT2D eigenvalue weighted by Crippen LogP contribution is -2.11. The van der Waals surface area contributed by atoms with Gasteiger partial charge in [0.1, 0.15) is 5.75 Å². The molecule has 1 N–H and O–H groups in total. The smallest absolute Gasteiger partial charge is 0.226 e. The zero-order chi connectivity index (χ0) is 17.8. The quantitative estimate of drug-likeness (QED) is 0.616. The maximum absolute atomic E-state index is 12.2. The first-order valence-electron chi connectivity index (χ1n) is 7.99. The highest BCUT2D eigenvalue weighted by atomic mass is 32.2. The van der Waals surface area contributed by atoms with Crippen molar-refractivity contribution in [1.82, 2.24) is 4.98 Å². The number of nitrogens with zero attached hydrogens (tertiary/aromatic N) is 1. The number of ether oxygens (including phenoxy) is 1. The maximum Gasteiger partial charge on any atom is 0.226 e. The summed E-state index contributed by atoms with van der Waals surface area (Å²) < 4.78 is 6.25. The number of carbonyl (C=O) groups is 1. The molecule has 1 heterocycles. The van der Waals surface area contributed by atoms with Crippen molar-refractivity contribution in [1.29, 1.82) is 0 Å². The first-order valence-corrected chi connectivity index (χ1v) is 9.80. The zero-order valence-corrected chi connectivity index (χ0v) is 16.1. The van der Waals surface area contributed by atoms with Crippen LogP contribution in [-0.2, 0) is 4.79 Å². The minimum atomic E-state index is -0.00515. The highest BCUT2D eigenvalue weighted by Crippen LogP contribution is 2.29.